The maximum Gasteiger partial charge on any atom is 0.0177 e. The van der Waals surface area contributed by atoms with Gasteiger partial charge in [-0.3, -0.25) is 0 Å². The molecule has 1 unspecified atom stereocenters. The van der Waals surface area contributed by atoms with Crippen molar-refractivity contribution in [2.75, 3.05) is 0 Å². The van der Waals surface area contributed by atoms with Gasteiger partial charge in [0, 0.05) is 4.83 Å². The van der Waals surface area contributed by atoms with Crippen LogP contribution in [0.3, 0.4) is 0 Å². The van der Waals surface area contributed by atoms with Gasteiger partial charge in [-0.05, 0) is 44.1 Å². The summed E-state index contributed by atoms with van der Waals surface area (Å²) in [5.74, 6) is 0.973. The summed E-state index contributed by atoms with van der Waals surface area (Å²) >= 11 is 3.78. The lowest BCUT2D eigenvalue weighted by Crippen LogP contribution is -2.02. The fourth-order valence-electron chi connectivity index (χ4n) is 1.75. The van der Waals surface area contributed by atoms with Crippen LogP contribution in [-0.2, 0) is 6.42 Å². The van der Waals surface area contributed by atoms with E-state index in [1.807, 2.05) is 0 Å². The molecule has 1 aliphatic rings. The molecule has 1 atom stereocenters. The number of hydrogen-bond acceptors (Lipinski definition) is 0. The Kier molecular flexibility index (Phi) is 3.27. The molecule has 76 valence electrons. The molecule has 0 N–H and O–H groups in total. The second kappa shape index (κ2) is 4.48. The lowest BCUT2D eigenvalue weighted by molar-refractivity contribution is 0.696. The SMILES string of the molecule is Cc1ccc(CCC(Br)C2CC2)cc1. The van der Waals surface area contributed by atoms with Crippen molar-refractivity contribution >= 4 is 15.9 Å². The molecule has 2 rings (SSSR count). The van der Waals surface area contributed by atoms with Gasteiger partial charge >= 0.3 is 0 Å². The molecule has 0 aromatic heterocycles. The molecule has 0 nitrogen and oxygen atoms in total. The molecule has 1 fully saturated rings. The predicted molar refractivity (Wildman–Crippen MR) is 64.9 cm³/mol. The summed E-state index contributed by atoms with van der Waals surface area (Å²) in [6.45, 7) is 2.14. The summed E-state index contributed by atoms with van der Waals surface area (Å²) in [7, 11) is 0. The number of halogens is 1. The van der Waals surface area contributed by atoms with E-state index < -0.39 is 0 Å². The Balaban J connectivity index is 1.82. The molecule has 0 saturated heterocycles. The first-order valence-electron chi connectivity index (χ1n) is 5.45. The van der Waals surface area contributed by atoms with Crippen LogP contribution in [0.5, 0.6) is 0 Å². The van der Waals surface area contributed by atoms with Crippen molar-refractivity contribution in [2.45, 2.75) is 37.4 Å². The third kappa shape index (κ3) is 2.84. The minimum Gasteiger partial charge on any atom is -0.0888 e. The van der Waals surface area contributed by atoms with Crippen LogP contribution < -0.4 is 0 Å². The van der Waals surface area contributed by atoms with Crippen molar-refractivity contribution in [1.29, 1.82) is 0 Å². The maximum atomic E-state index is 3.78. The number of alkyl halides is 1. The zero-order valence-corrected chi connectivity index (χ0v) is 10.3. The third-order valence-corrected chi connectivity index (χ3v) is 4.17. The van der Waals surface area contributed by atoms with E-state index >= 15 is 0 Å². The molecule has 1 aliphatic carbocycles. The lowest BCUT2D eigenvalue weighted by atomic mass is 10.1. The Morgan fingerprint density at radius 1 is 1.29 bits per heavy atom. The van der Waals surface area contributed by atoms with Gasteiger partial charge in [0.05, 0.1) is 0 Å². The summed E-state index contributed by atoms with van der Waals surface area (Å²) in [6.07, 6.45) is 5.37. The van der Waals surface area contributed by atoms with Crippen molar-refractivity contribution in [2.24, 2.45) is 5.92 Å². The molecule has 14 heavy (non-hydrogen) atoms. The monoisotopic (exact) mass is 252 g/mol. The van der Waals surface area contributed by atoms with Crippen LogP contribution in [0, 0.1) is 12.8 Å². The Labute approximate surface area is 94.8 Å². The fourth-order valence-corrected chi connectivity index (χ4v) is 2.51. The Morgan fingerprint density at radius 2 is 1.93 bits per heavy atom. The maximum absolute atomic E-state index is 3.78. The van der Waals surface area contributed by atoms with E-state index in [0.717, 1.165) is 10.7 Å². The molecular formula is C13H17Br. The molecule has 0 radical (unpaired) electrons. The largest absolute Gasteiger partial charge is 0.0888 e. The quantitative estimate of drug-likeness (QED) is 0.708. The van der Waals surface area contributed by atoms with Gasteiger partial charge < -0.3 is 0 Å². The van der Waals surface area contributed by atoms with Gasteiger partial charge in [-0.25, -0.2) is 0 Å². The van der Waals surface area contributed by atoms with Crippen molar-refractivity contribution in [3.63, 3.8) is 0 Å². The number of aryl methyl sites for hydroxylation is 2. The summed E-state index contributed by atoms with van der Waals surface area (Å²) in [6, 6.07) is 8.91. The predicted octanol–water partition coefficient (Wildman–Crippen LogP) is 4.10. The molecule has 1 heteroatoms. The number of rotatable bonds is 4. The minimum atomic E-state index is 0.754. The van der Waals surface area contributed by atoms with Crippen LogP contribution in [0.15, 0.2) is 24.3 Å². The summed E-state index contributed by atoms with van der Waals surface area (Å²) in [5, 5.41) is 0. The van der Waals surface area contributed by atoms with Crippen molar-refractivity contribution in [1.82, 2.24) is 0 Å². The Bertz CT molecular complexity index is 285. The van der Waals surface area contributed by atoms with Crippen LogP contribution in [0.1, 0.15) is 30.4 Å². The van der Waals surface area contributed by atoms with Gasteiger partial charge in [0.2, 0.25) is 0 Å². The zero-order valence-electron chi connectivity index (χ0n) is 8.67. The van der Waals surface area contributed by atoms with E-state index in [1.54, 1.807) is 0 Å². The highest BCUT2D eigenvalue weighted by atomic mass is 79.9. The highest BCUT2D eigenvalue weighted by Crippen LogP contribution is 2.38. The van der Waals surface area contributed by atoms with E-state index in [1.165, 1.54) is 36.8 Å². The van der Waals surface area contributed by atoms with Crippen LogP contribution in [0.2, 0.25) is 0 Å². The Hall–Kier alpha value is -0.300. The average molecular weight is 253 g/mol. The second-order valence-electron chi connectivity index (χ2n) is 4.38. The van der Waals surface area contributed by atoms with Gasteiger partial charge in [0.1, 0.15) is 0 Å². The molecule has 0 bridgehead atoms. The molecule has 1 aromatic carbocycles. The first-order valence-corrected chi connectivity index (χ1v) is 6.37. The van der Waals surface area contributed by atoms with Gasteiger partial charge in [-0.1, -0.05) is 45.8 Å². The van der Waals surface area contributed by atoms with Crippen molar-refractivity contribution in [3.05, 3.63) is 35.4 Å². The smallest absolute Gasteiger partial charge is 0.0177 e. The normalized spacial score (nSPS) is 18.1. The third-order valence-electron chi connectivity index (χ3n) is 2.96. The molecule has 1 saturated carbocycles. The highest BCUT2D eigenvalue weighted by molar-refractivity contribution is 9.09. The van der Waals surface area contributed by atoms with E-state index in [2.05, 4.69) is 47.1 Å². The summed E-state index contributed by atoms with van der Waals surface area (Å²) in [4.78, 5) is 0.754. The number of benzene rings is 1. The van der Waals surface area contributed by atoms with Crippen LogP contribution in [-0.4, -0.2) is 4.83 Å². The first kappa shape index (κ1) is 10.2. The summed E-state index contributed by atoms with van der Waals surface area (Å²) < 4.78 is 0. The van der Waals surface area contributed by atoms with Gasteiger partial charge in [0.15, 0.2) is 0 Å². The van der Waals surface area contributed by atoms with Crippen LogP contribution >= 0.6 is 15.9 Å². The zero-order chi connectivity index (χ0) is 9.97. The number of hydrogen-bond donors (Lipinski definition) is 0. The first-order chi connectivity index (χ1) is 6.75. The van der Waals surface area contributed by atoms with Gasteiger partial charge in [-0.2, -0.15) is 0 Å². The van der Waals surface area contributed by atoms with Crippen molar-refractivity contribution < 1.29 is 0 Å². The standard InChI is InChI=1S/C13H17Br/c1-10-2-4-11(5-3-10)6-9-13(14)12-7-8-12/h2-5,12-13H,6-9H2,1H3. The second-order valence-corrected chi connectivity index (χ2v) is 5.55. The topological polar surface area (TPSA) is 0 Å². The van der Waals surface area contributed by atoms with E-state index in [-0.39, 0.29) is 0 Å². The van der Waals surface area contributed by atoms with Crippen molar-refractivity contribution in [3.8, 4) is 0 Å². The molecular weight excluding hydrogens is 236 g/mol. The Morgan fingerprint density at radius 3 is 2.50 bits per heavy atom. The van der Waals surface area contributed by atoms with Gasteiger partial charge in [-0.15, -0.1) is 0 Å². The van der Waals surface area contributed by atoms with E-state index in [4.69, 9.17) is 0 Å². The minimum absolute atomic E-state index is 0.754. The molecule has 1 aromatic rings. The van der Waals surface area contributed by atoms with E-state index in [9.17, 15) is 0 Å². The fraction of sp³-hybridized carbons (Fsp3) is 0.538. The average Bonchev–Trinajstić information content (AvgIpc) is 3.00. The summed E-state index contributed by atoms with van der Waals surface area (Å²) in [5.41, 5.74) is 2.83. The molecule has 0 heterocycles. The van der Waals surface area contributed by atoms with Gasteiger partial charge in [0.25, 0.3) is 0 Å². The molecule has 0 spiro atoms. The highest BCUT2D eigenvalue weighted by Gasteiger charge is 2.28. The van der Waals surface area contributed by atoms with Crippen LogP contribution in [0.25, 0.3) is 0 Å². The lowest BCUT2D eigenvalue weighted by Gasteiger charge is -2.07. The van der Waals surface area contributed by atoms with Crippen LogP contribution in [0.4, 0.5) is 0 Å². The molecule has 0 aliphatic heterocycles. The molecule has 0 amide bonds. The van der Waals surface area contributed by atoms with E-state index in [0.29, 0.717) is 0 Å².